The molecule has 2 aliphatic rings. The van der Waals surface area contributed by atoms with Gasteiger partial charge in [-0.1, -0.05) is 12.1 Å². The highest BCUT2D eigenvalue weighted by atomic mass is 19.1. The van der Waals surface area contributed by atoms with Gasteiger partial charge in [0.05, 0.1) is 22.9 Å². The third-order valence-electron chi connectivity index (χ3n) is 5.30. The highest BCUT2D eigenvalue weighted by Crippen LogP contribution is 2.30. The van der Waals surface area contributed by atoms with Crippen LogP contribution in [0, 0.1) is 27.8 Å². The van der Waals surface area contributed by atoms with E-state index in [9.17, 15) is 28.9 Å². The third-order valence-corrected chi connectivity index (χ3v) is 5.30. The summed E-state index contributed by atoms with van der Waals surface area (Å²) in [6.07, 6.45) is -1.89. The number of fused-ring (bicyclic) bond motifs is 1. The normalized spacial score (nSPS) is 24.5. The lowest BCUT2D eigenvalue weighted by atomic mass is 9.81. The number of hydrogen-bond donors (Lipinski definition) is 5. The molecule has 0 spiro atoms. The van der Waals surface area contributed by atoms with Crippen molar-refractivity contribution in [1.29, 1.82) is 0 Å². The molecule has 0 bridgehead atoms. The predicted molar refractivity (Wildman–Crippen MR) is 110 cm³/mol. The van der Waals surface area contributed by atoms with Crippen LogP contribution in [0.15, 0.2) is 48.5 Å². The Morgan fingerprint density at radius 1 is 1.09 bits per heavy atom. The summed E-state index contributed by atoms with van der Waals surface area (Å²) in [4.78, 5) is 48.6. The average molecular weight is 442 g/mol. The van der Waals surface area contributed by atoms with Crippen LogP contribution < -0.4 is 26.6 Å². The maximum Gasteiger partial charge on any atom is 0.292 e. The molecule has 0 aromatic heterocycles. The van der Waals surface area contributed by atoms with Crippen molar-refractivity contribution < 1.29 is 23.7 Å². The van der Waals surface area contributed by atoms with Crippen molar-refractivity contribution in [3.05, 3.63) is 64.5 Å². The fourth-order valence-electron chi connectivity index (χ4n) is 3.83. The van der Waals surface area contributed by atoms with Crippen LogP contribution in [0.1, 0.15) is 6.42 Å². The largest absolute Gasteiger partial charge is 0.353 e. The summed E-state index contributed by atoms with van der Waals surface area (Å²) in [5, 5.41) is 25.0. The van der Waals surface area contributed by atoms with Crippen LogP contribution in [-0.4, -0.2) is 35.1 Å². The zero-order valence-electron chi connectivity index (χ0n) is 16.5. The van der Waals surface area contributed by atoms with Gasteiger partial charge in [-0.05, 0) is 30.3 Å². The van der Waals surface area contributed by atoms with E-state index in [4.69, 9.17) is 0 Å². The molecule has 166 valence electrons. The van der Waals surface area contributed by atoms with Gasteiger partial charge in [0.15, 0.2) is 6.29 Å². The molecule has 0 aliphatic carbocycles. The highest BCUT2D eigenvalue weighted by molar-refractivity contribution is 6.01. The van der Waals surface area contributed by atoms with E-state index in [-0.39, 0.29) is 17.8 Å². The molecule has 4 rings (SSSR count). The Balaban J connectivity index is 1.50. The molecule has 32 heavy (non-hydrogen) atoms. The molecule has 2 aromatic carbocycles. The second-order valence-electron chi connectivity index (χ2n) is 7.40. The van der Waals surface area contributed by atoms with Crippen molar-refractivity contribution in [3.63, 3.8) is 0 Å². The molecule has 11 nitrogen and oxygen atoms in total. The molecule has 2 aliphatic heterocycles. The van der Waals surface area contributed by atoms with Crippen LogP contribution in [0.2, 0.25) is 0 Å². The van der Waals surface area contributed by atoms with Crippen LogP contribution in [0.3, 0.4) is 0 Å². The molecule has 2 heterocycles. The van der Waals surface area contributed by atoms with Gasteiger partial charge in [0.25, 0.3) is 5.69 Å². The van der Waals surface area contributed by atoms with Gasteiger partial charge in [0.1, 0.15) is 11.5 Å². The van der Waals surface area contributed by atoms with E-state index in [1.54, 1.807) is 0 Å². The number of nitrogens with zero attached hydrogens (tertiary/aromatic N) is 1. The second-order valence-corrected chi connectivity index (χ2v) is 7.40. The molecule has 5 N–H and O–H groups in total. The number of hydrogen-bond acceptors (Lipinski definition) is 7. The first-order valence-corrected chi connectivity index (χ1v) is 9.74. The van der Waals surface area contributed by atoms with E-state index in [1.165, 1.54) is 48.5 Å². The molecular weight excluding hydrogens is 423 g/mol. The predicted octanol–water partition coefficient (Wildman–Crippen LogP) is 0.866. The van der Waals surface area contributed by atoms with Crippen LogP contribution in [-0.2, 0) is 14.4 Å². The van der Waals surface area contributed by atoms with E-state index in [0.29, 0.717) is 5.69 Å². The van der Waals surface area contributed by atoms with E-state index >= 15 is 0 Å². The number of para-hydroxylation sites is 2. The Kier molecular flexibility index (Phi) is 5.69. The number of rotatable bonds is 5. The monoisotopic (exact) mass is 442 g/mol. The average Bonchev–Trinajstić information content (AvgIpc) is 2.74. The molecule has 2 fully saturated rings. The lowest BCUT2D eigenvalue weighted by molar-refractivity contribution is -0.383. The number of benzene rings is 2. The van der Waals surface area contributed by atoms with Gasteiger partial charge in [-0.15, -0.1) is 0 Å². The zero-order chi connectivity index (χ0) is 22.8. The molecule has 4 atom stereocenters. The number of nitrogens with one attached hydrogen (secondary N) is 5. The van der Waals surface area contributed by atoms with E-state index in [0.717, 1.165) is 0 Å². The summed E-state index contributed by atoms with van der Waals surface area (Å²) in [7, 11) is 0. The number of nitro benzene ring substituents is 1. The minimum atomic E-state index is -1.05. The summed E-state index contributed by atoms with van der Waals surface area (Å²) in [5.41, 5.74) is 0.202. The van der Waals surface area contributed by atoms with Crippen molar-refractivity contribution in [3.8, 4) is 0 Å². The number of halogens is 1. The smallest absolute Gasteiger partial charge is 0.292 e. The van der Waals surface area contributed by atoms with Crippen LogP contribution >= 0.6 is 0 Å². The lowest BCUT2D eigenvalue weighted by Gasteiger charge is -2.43. The summed E-state index contributed by atoms with van der Waals surface area (Å²) in [6.45, 7) is 0. The topological polar surface area (TPSA) is 154 Å². The van der Waals surface area contributed by atoms with Crippen LogP contribution in [0.5, 0.6) is 0 Å². The van der Waals surface area contributed by atoms with E-state index in [2.05, 4.69) is 26.6 Å². The number of piperidine rings is 1. The lowest BCUT2D eigenvalue weighted by Crippen LogP contribution is -2.72. The van der Waals surface area contributed by atoms with Gasteiger partial charge in [-0.2, -0.15) is 0 Å². The zero-order valence-corrected chi connectivity index (χ0v) is 16.5. The molecule has 3 amide bonds. The van der Waals surface area contributed by atoms with Gasteiger partial charge in [0, 0.05) is 18.2 Å². The molecule has 2 saturated heterocycles. The standard InChI is InChI=1S/C20H19FN6O5/c21-10-5-7-11(8-6-10)22-20-25-17-16(19(30)26-20)12(9-15(28)24-17)18(29)23-13-3-1-2-4-14(13)27(31)32/h1-8,12,16-17,20,22,25H,9H2,(H,23,29)(H,24,28)(H,26,30). The molecule has 2 aromatic rings. The molecule has 4 unspecified atom stereocenters. The fraction of sp³-hybridized carbons (Fsp3) is 0.250. The van der Waals surface area contributed by atoms with E-state index in [1.807, 2.05) is 0 Å². The van der Waals surface area contributed by atoms with Crippen molar-refractivity contribution in [1.82, 2.24) is 16.0 Å². The minimum absolute atomic E-state index is 0.0231. The Hall–Kier alpha value is -4.06. The Morgan fingerprint density at radius 2 is 1.81 bits per heavy atom. The van der Waals surface area contributed by atoms with E-state index < -0.39 is 52.8 Å². The summed E-state index contributed by atoms with van der Waals surface area (Å²) in [6, 6.07) is 11.1. The quantitative estimate of drug-likeness (QED) is 0.340. The molecule has 12 heteroatoms. The van der Waals surface area contributed by atoms with Gasteiger partial charge in [-0.25, -0.2) is 4.39 Å². The maximum absolute atomic E-state index is 13.1. The van der Waals surface area contributed by atoms with Gasteiger partial charge < -0.3 is 21.3 Å². The summed E-state index contributed by atoms with van der Waals surface area (Å²) in [5.74, 6) is -4.02. The Morgan fingerprint density at radius 3 is 2.53 bits per heavy atom. The number of carbonyl (C=O) groups is 3. The fourth-order valence-corrected chi connectivity index (χ4v) is 3.83. The second kappa shape index (κ2) is 8.59. The maximum atomic E-state index is 13.1. The Labute approximate surface area is 180 Å². The first kappa shape index (κ1) is 21.2. The molecule has 0 radical (unpaired) electrons. The van der Waals surface area contributed by atoms with Crippen LogP contribution in [0.4, 0.5) is 21.5 Å². The number of carbonyl (C=O) groups excluding carboxylic acids is 3. The number of anilines is 2. The van der Waals surface area contributed by atoms with Gasteiger partial charge >= 0.3 is 0 Å². The summed E-state index contributed by atoms with van der Waals surface area (Å²) < 4.78 is 13.1. The van der Waals surface area contributed by atoms with Crippen molar-refractivity contribution in [2.24, 2.45) is 11.8 Å². The number of nitro groups is 1. The SMILES string of the molecule is O=C1CC(C(=O)Nc2ccccc2[N+](=O)[O-])C2C(=O)NC(Nc3ccc(F)cc3)NC2N1. The van der Waals surface area contributed by atoms with Gasteiger partial charge in [-0.3, -0.25) is 29.8 Å². The first-order valence-electron chi connectivity index (χ1n) is 9.74. The van der Waals surface area contributed by atoms with Crippen molar-refractivity contribution in [2.45, 2.75) is 18.9 Å². The third kappa shape index (κ3) is 4.34. The molecular formula is C20H19FN6O5. The highest BCUT2D eigenvalue weighted by Gasteiger charge is 2.48. The minimum Gasteiger partial charge on any atom is -0.353 e. The Bertz CT molecular complexity index is 1080. The molecule has 0 saturated carbocycles. The van der Waals surface area contributed by atoms with Crippen molar-refractivity contribution >= 4 is 34.8 Å². The van der Waals surface area contributed by atoms with Crippen LogP contribution in [0.25, 0.3) is 0 Å². The van der Waals surface area contributed by atoms with Gasteiger partial charge in [0.2, 0.25) is 17.7 Å². The van der Waals surface area contributed by atoms with Crippen molar-refractivity contribution in [2.75, 3.05) is 10.6 Å². The number of amides is 3. The first-order chi connectivity index (χ1) is 15.3. The summed E-state index contributed by atoms with van der Waals surface area (Å²) >= 11 is 0.